The largest absolute Gasteiger partial charge is 0.384 e. The molecule has 0 unspecified atom stereocenters. The Kier molecular flexibility index (Phi) is 4.28. The van der Waals surface area contributed by atoms with Gasteiger partial charge in [-0.25, -0.2) is 4.98 Å². The topological polar surface area (TPSA) is 97.8 Å². The zero-order valence-electron chi connectivity index (χ0n) is 16.8. The lowest BCUT2D eigenvalue weighted by Crippen LogP contribution is -2.27. The van der Waals surface area contributed by atoms with Gasteiger partial charge in [0, 0.05) is 28.8 Å². The van der Waals surface area contributed by atoms with Crippen molar-refractivity contribution < 1.29 is 0 Å². The molecule has 0 radical (unpaired) electrons. The molecule has 3 N–H and O–H groups in total. The van der Waals surface area contributed by atoms with Crippen molar-refractivity contribution in [3.8, 4) is 22.4 Å². The fraction of sp³-hybridized carbons (Fsp3) is 0.130. The maximum absolute atomic E-state index is 6.32. The first-order chi connectivity index (χ1) is 14.7. The molecule has 0 aliphatic carbocycles. The summed E-state index contributed by atoms with van der Waals surface area (Å²) in [7, 11) is 0. The Balaban J connectivity index is 1.70. The van der Waals surface area contributed by atoms with Crippen LogP contribution in [0.4, 0.5) is 5.82 Å². The van der Waals surface area contributed by atoms with Crippen molar-refractivity contribution in [2.75, 3.05) is 5.73 Å². The van der Waals surface area contributed by atoms with Crippen LogP contribution in [0.5, 0.6) is 0 Å². The highest BCUT2D eigenvalue weighted by molar-refractivity contribution is 5.88. The zero-order valence-corrected chi connectivity index (χ0v) is 16.8. The number of benzene rings is 1. The molecule has 5 aromatic rings. The van der Waals surface area contributed by atoms with E-state index in [1.165, 1.54) is 0 Å². The van der Waals surface area contributed by atoms with Crippen molar-refractivity contribution in [2.24, 2.45) is 0 Å². The lowest BCUT2D eigenvalue weighted by atomic mass is 10.1. The van der Waals surface area contributed by atoms with Gasteiger partial charge in [0.2, 0.25) is 0 Å². The molecule has 0 saturated carbocycles. The van der Waals surface area contributed by atoms with Gasteiger partial charge in [-0.2, -0.15) is 14.7 Å². The summed E-state index contributed by atoms with van der Waals surface area (Å²) >= 11 is 0. The van der Waals surface area contributed by atoms with Crippen molar-refractivity contribution in [3.63, 3.8) is 0 Å². The summed E-state index contributed by atoms with van der Waals surface area (Å²) in [6.45, 7) is 4.12. The molecule has 4 heterocycles. The maximum atomic E-state index is 6.32. The Morgan fingerprint density at radius 3 is 2.83 bits per heavy atom. The second kappa shape index (κ2) is 7.11. The van der Waals surface area contributed by atoms with E-state index in [1.54, 1.807) is 16.9 Å². The number of nitrogens with zero attached hydrogens (tertiary/aromatic N) is 5. The summed E-state index contributed by atoms with van der Waals surface area (Å²) in [6.07, 6.45) is 10.6. The molecule has 0 bridgehead atoms. The summed E-state index contributed by atoms with van der Waals surface area (Å²) in [4.78, 5) is 9.52. The number of aromatic nitrogens is 6. The van der Waals surface area contributed by atoms with Gasteiger partial charge < -0.3 is 5.73 Å². The molecule has 0 aliphatic heterocycles. The van der Waals surface area contributed by atoms with Crippen LogP contribution >= 0.6 is 0 Å². The van der Waals surface area contributed by atoms with Crippen LogP contribution in [0.25, 0.3) is 51.1 Å². The summed E-state index contributed by atoms with van der Waals surface area (Å²) in [6, 6.07) is 10.0. The van der Waals surface area contributed by atoms with E-state index in [9.17, 15) is 0 Å². The smallest absolute Gasteiger partial charge is 0.165 e. The van der Waals surface area contributed by atoms with Gasteiger partial charge in [0.05, 0.1) is 29.0 Å². The van der Waals surface area contributed by atoms with Crippen molar-refractivity contribution in [3.05, 3.63) is 59.5 Å². The molecular formula is C23H21N7. The van der Waals surface area contributed by atoms with E-state index in [1.807, 2.05) is 31.3 Å². The number of fused-ring (bicyclic) bond motifs is 2. The summed E-state index contributed by atoms with van der Waals surface area (Å²) in [5.74, 6) is 0.525. The number of aromatic amines is 1. The second-order valence-electron chi connectivity index (χ2n) is 7.13. The highest BCUT2D eigenvalue weighted by Crippen LogP contribution is 2.29. The highest BCUT2D eigenvalue weighted by Gasteiger charge is 2.13. The number of nitrogens with two attached hydrogens (primary N) is 1. The Morgan fingerprint density at radius 1 is 1.10 bits per heavy atom. The monoisotopic (exact) mass is 395 g/mol. The Labute approximate surface area is 172 Å². The van der Waals surface area contributed by atoms with Crippen LogP contribution in [0.2, 0.25) is 0 Å². The van der Waals surface area contributed by atoms with Gasteiger partial charge in [0.15, 0.2) is 5.65 Å². The summed E-state index contributed by atoms with van der Waals surface area (Å²) in [5.41, 5.74) is 11.6. The molecule has 0 spiro atoms. The molecule has 7 nitrogen and oxygen atoms in total. The van der Waals surface area contributed by atoms with Gasteiger partial charge in [-0.15, -0.1) is 0 Å². The van der Waals surface area contributed by atoms with Crippen molar-refractivity contribution in [2.45, 2.75) is 20.3 Å². The van der Waals surface area contributed by atoms with Crippen LogP contribution in [0, 0.1) is 0 Å². The van der Waals surface area contributed by atoms with Gasteiger partial charge in [-0.05, 0) is 42.3 Å². The number of nitrogen functional groups attached to an aromatic ring is 1. The van der Waals surface area contributed by atoms with Gasteiger partial charge in [-0.1, -0.05) is 25.1 Å². The minimum atomic E-state index is 0.525. The van der Waals surface area contributed by atoms with Crippen molar-refractivity contribution >= 4 is 34.5 Å². The number of anilines is 1. The number of hydrogen-bond acceptors (Lipinski definition) is 5. The molecule has 0 amide bonds. The molecule has 30 heavy (non-hydrogen) atoms. The number of rotatable bonds is 3. The first kappa shape index (κ1) is 18.1. The quantitative estimate of drug-likeness (QED) is 0.489. The van der Waals surface area contributed by atoms with Crippen LogP contribution < -0.4 is 16.3 Å². The number of pyridine rings is 1. The minimum Gasteiger partial charge on any atom is -0.384 e. The lowest BCUT2D eigenvalue weighted by molar-refractivity contribution is 0.953. The van der Waals surface area contributed by atoms with E-state index in [0.29, 0.717) is 11.5 Å². The van der Waals surface area contributed by atoms with Gasteiger partial charge in [0.1, 0.15) is 5.82 Å². The summed E-state index contributed by atoms with van der Waals surface area (Å²) in [5, 5.41) is 14.6. The average Bonchev–Trinajstić information content (AvgIpc) is 3.40. The SMILES string of the molecule is C/C=c1/cc(-c2cc(N)n3ncc(-c4ccc5[nH]ncc5c4)c3n2)cn/c1=C/CC. The van der Waals surface area contributed by atoms with Crippen molar-refractivity contribution in [1.82, 2.24) is 29.8 Å². The lowest BCUT2D eigenvalue weighted by Gasteiger charge is -2.06. The Bertz CT molecular complexity index is 1510. The minimum absolute atomic E-state index is 0.525. The Hall–Kier alpha value is -4.00. The third-order valence-corrected chi connectivity index (χ3v) is 5.20. The predicted octanol–water partition coefficient (Wildman–Crippen LogP) is 2.91. The van der Waals surface area contributed by atoms with Crippen LogP contribution in [-0.4, -0.2) is 29.8 Å². The molecule has 0 atom stereocenters. The summed E-state index contributed by atoms with van der Waals surface area (Å²) < 4.78 is 1.66. The number of hydrogen-bond donors (Lipinski definition) is 2. The second-order valence-corrected chi connectivity index (χ2v) is 7.13. The number of nitrogens with one attached hydrogen (secondary N) is 1. The fourth-order valence-electron chi connectivity index (χ4n) is 3.68. The van der Waals surface area contributed by atoms with Crippen molar-refractivity contribution in [1.29, 1.82) is 0 Å². The first-order valence-electron chi connectivity index (χ1n) is 9.88. The normalized spacial score (nSPS) is 13.0. The van der Waals surface area contributed by atoms with E-state index in [2.05, 4.69) is 51.5 Å². The molecule has 148 valence electrons. The third kappa shape index (κ3) is 2.91. The molecule has 5 rings (SSSR count). The molecular weight excluding hydrogens is 374 g/mol. The molecule has 0 fully saturated rings. The molecule has 1 aromatic carbocycles. The zero-order chi connectivity index (χ0) is 20.7. The molecule has 7 heteroatoms. The molecule has 0 aliphatic rings. The Morgan fingerprint density at radius 2 is 2.00 bits per heavy atom. The van der Waals surface area contributed by atoms with Gasteiger partial charge >= 0.3 is 0 Å². The van der Waals surface area contributed by atoms with Gasteiger partial charge in [-0.3, -0.25) is 10.1 Å². The van der Waals surface area contributed by atoms with E-state index < -0.39 is 0 Å². The van der Waals surface area contributed by atoms with Crippen LogP contribution in [0.15, 0.2) is 48.9 Å². The van der Waals surface area contributed by atoms with E-state index >= 15 is 0 Å². The third-order valence-electron chi connectivity index (χ3n) is 5.20. The van der Waals surface area contributed by atoms with Crippen LogP contribution in [0.1, 0.15) is 20.3 Å². The van der Waals surface area contributed by atoms with E-state index in [-0.39, 0.29) is 0 Å². The molecule has 0 saturated heterocycles. The maximum Gasteiger partial charge on any atom is 0.165 e. The first-order valence-corrected chi connectivity index (χ1v) is 9.88. The standard InChI is InChI=1S/C23H21N7/c1-3-5-19-14(4-2)8-16(11-25-19)21-10-22(24)30-23(28-21)18(13-27-30)15-6-7-20-17(9-15)12-26-29-20/h4-13H,3,24H2,1-2H3,(H,26,29)/b14-4-,19-5+. The van der Waals surface area contributed by atoms with Crippen LogP contribution in [0.3, 0.4) is 0 Å². The number of H-pyrrole nitrogens is 1. The average molecular weight is 395 g/mol. The van der Waals surface area contributed by atoms with E-state index in [4.69, 9.17) is 10.7 Å². The van der Waals surface area contributed by atoms with E-state index in [0.717, 1.165) is 50.3 Å². The van der Waals surface area contributed by atoms with Crippen LogP contribution in [-0.2, 0) is 0 Å². The highest BCUT2D eigenvalue weighted by atomic mass is 15.3. The fourth-order valence-corrected chi connectivity index (χ4v) is 3.68. The predicted molar refractivity (Wildman–Crippen MR) is 120 cm³/mol. The van der Waals surface area contributed by atoms with Gasteiger partial charge in [0.25, 0.3) is 0 Å². The molecule has 4 aromatic heterocycles.